The van der Waals surface area contributed by atoms with Gasteiger partial charge in [0.05, 0.1) is 22.0 Å². The number of hydrogen-bond donors (Lipinski definition) is 1. The fourth-order valence-corrected chi connectivity index (χ4v) is 3.30. The molecular formula is C12H14N4O4S. The lowest BCUT2D eigenvalue weighted by atomic mass is 10.3. The number of nitrogens with zero attached hydrogens (tertiary/aromatic N) is 3. The van der Waals surface area contributed by atoms with Gasteiger partial charge in [-0.3, -0.25) is 19.5 Å². The van der Waals surface area contributed by atoms with Gasteiger partial charge in [0.15, 0.2) is 4.90 Å². The van der Waals surface area contributed by atoms with Crippen molar-refractivity contribution in [3.05, 3.63) is 45.8 Å². The first-order valence-electron chi connectivity index (χ1n) is 6.00. The molecule has 0 radical (unpaired) electrons. The molecule has 0 amide bonds. The van der Waals surface area contributed by atoms with Crippen LogP contribution in [-0.4, -0.2) is 23.1 Å². The number of benzene rings is 1. The zero-order chi connectivity index (χ0) is 15.8. The number of aromatic nitrogens is 2. The summed E-state index contributed by atoms with van der Waals surface area (Å²) in [5, 5.41) is 15.1. The van der Waals surface area contributed by atoms with E-state index >= 15 is 0 Å². The highest BCUT2D eigenvalue weighted by Gasteiger charge is 2.26. The number of nitro benzene ring substituents is 1. The lowest BCUT2D eigenvalue weighted by Crippen LogP contribution is -2.15. The Bertz CT molecular complexity index is 811. The quantitative estimate of drug-likeness (QED) is 0.683. The second-order valence-corrected chi connectivity index (χ2v) is 6.15. The Balaban J connectivity index is 2.51. The molecule has 0 aliphatic heterocycles. The minimum atomic E-state index is -4.07. The molecule has 0 fully saturated rings. The first kappa shape index (κ1) is 15.0. The largest absolute Gasteiger partial charge is 0.289 e. The molecule has 21 heavy (non-hydrogen) atoms. The van der Waals surface area contributed by atoms with Gasteiger partial charge in [0, 0.05) is 13.1 Å². The number of para-hydroxylation sites is 1. The summed E-state index contributed by atoms with van der Waals surface area (Å²) in [6, 6.07) is 5.20. The van der Waals surface area contributed by atoms with Crippen molar-refractivity contribution < 1.29 is 13.3 Å². The van der Waals surface area contributed by atoms with Crippen molar-refractivity contribution >= 4 is 21.4 Å². The SMILES string of the molecule is Cc1nn(C)c(C)c1NS(=O)(=O)c1ccccc1[N+](=O)[O-]. The predicted octanol–water partition coefficient (Wildman–Crippen LogP) is 1.75. The number of anilines is 1. The summed E-state index contributed by atoms with van der Waals surface area (Å²) in [5.41, 5.74) is 0.978. The summed E-state index contributed by atoms with van der Waals surface area (Å²) in [5.74, 6) is 0. The summed E-state index contributed by atoms with van der Waals surface area (Å²) >= 11 is 0. The normalized spacial score (nSPS) is 11.4. The number of nitrogens with one attached hydrogen (secondary N) is 1. The molecular weight excluding hydrogens is 296 g/mol. The van der Waals surface area contributed by atoms with Crippen LogP contribution in [0.15, 0.2) is 29.2 Å². The molecule has 0 bridgehead atoms. The molecule has 8 nitrogen and oxygen atoms in total. The van der Waals surface area contributed by atoms with E-state index in [4.69, 9.17) is 0 Å². The van der Waals surface area contributed by atoms with E-state index in [1.54, 1.807) is 20.9 Å². The first-order chi connectivity index (χ1) is 9.74. The van der Waals surface area contributed by atoms with E-state index in [0.717, 1.165) is 6.07 Å². The molecule has 0 spiro atoms. The zero-order valence-corrected chi connectivity index (χ0v) is 12.5. The summed E-state index contributed by atoms with van der Waals surface area (Å²) in [7, 11) is -2.38. The molecule has 0 saturated carbocycles. The molecule has 1 aromatic heterocycles. The van der Waals surface area contributed by atoms with Crippen molar-refractivity contribution in [3.8, 4) is 0 Å². The Kier molecular flexibility index (Phi) is 3.69. The Morgan fingerprint density at radius 2 is 1.90 bits per heavy atom. The highest BCUT2D eigenvalue weighted by Crippen LogP contribution is 2.27. The molecule has 0 unspecified atom stereocenters. The van der Waals surface area contributed by atoms with Crippen molar-refractivity contribution in [2.45, 2.75) is 18.7 Å². The van der Waals surface area contributed by atoms with Gasteiger partial charge >= 0.3 is 0 Å². The molecule has 0 aliphatic carbocycles. The lowest BCUT2D eigenvalue weighted by Gasteiger charge is -2.08. The molecule has 1 N–H and O–H groups in total. The number of aryl methyl sites for hydroxylation is 2. The predicted molar refractivity (Wildman–Crippen MR) is 76.6 cm³/mol. The molecule has 2 aromatic rings. The standard InChI is InChI=1S/C12H14N4O4S/c1-8-12(9(2)15(3)13-8)14-21(19,20)11-7-5-4-6-10(11)16(17)18/h4-7,14H,1-3H3. The van der Waals surface area contributed by atoms with Gasteiger partial charge in [-0.25, -0.2) is 8.42 Å². The van der Waals surface area contributed by atoms with E-state index in [-0.39, 0.29) is 4.90 Å². The fraction of sp³-hybridized carbons (Fsp3) is 0.250. The van der Waals surface area contributed by atoms with E-state index in [0.29, 0.717) is 17.1 Å². The van der Waals surface area contributed by atoms with Crippen molar-refractivity contribution in [3.63, 3.8) is 0 Å². The van der Waals surface area contributed by atoms with Gasteiger partial charge in [-0.2, -0.15) is 5.10 Å². The highest BCUT2D eigenvalue weighted by molar-refractivity contribution is 7.92. The Hall–Kier alpha value is -2.42. The minimum absolute atomic E-state index is 0.329. The van der Waals surface area contributed by atoms with Crippen molar-refractivity contribution in [2.75, 3.05) is 4.72 Å². The smallest absolute Gasteiger partial charge is 0.276 e. The molecule has 0 atom stereocenters. The third-order valence-electron chi connectivity index (χ3n) is 3.10. The minimum Gasteiger partial charge on any atom is -0.276 e. The maximum atomic E-state index is 12.4. The van der Waals surface area contributed by atoms with Gasteiger partial charge in [0.1, 0.15) is 0 Å². The average molecular weight is 310 g/mol. The lowest BCUT2D eigenvalue weighted by molar-refractivity contribution is -0.387. The van der Waals surface area contributed by atoms with Crippen LogP contribution in [0.5, 0.6) is 0 Å². The van der Waals surface area contributed by atoms with Crippen molar-refractivity contribution in [1.82, 2.24) is 9.78 Å². The number of rotatable bonds is 4. The van der Waals surface area contributed by atoms with Crippen molar-refractivity contribution in [1.29, 1.82) is 0 Å². The summed E-state index contributed by atoms with van der Waals surface area (Å²) in [6.07, 6.45) is 0. The van der Waals surface area contributed by atoms with Crippen LogP contribution in [0.1, 0.15) is 11.4 Å². The van der Waals surface area contributed by atoms with Gasteiger partial charge in [-0.1, -0.05) is 12.1 Å². The maximum absolute atomic E-state index is 12.4. The molecule has 1 aromatic carbocycles. The summed E-state index contributed by atoms with van der Waals surface area (Å²) in [6.45, 7) is 3.36. The van der Waals surface area contributed by atoms with Crippen LogP contribution >= 0.6 is 0 Å². The van der Waals surface area contributed by atoms with E-state index in [9.17, 15) is 18.5 Å². The van der Waals surface area contributed by atoms with Gasteiger partial charge in [-0.15, -0.1) is 0 Å². The Morgan fingerprint density at radius 3 is 2.43 bits per heavy atom. The van der Waals surface area contributed by atoms with Crippen LogP contribution in [-0.2, 0) is 17.1 Å². The van der Waals surface area contributed by atoms with Crippen LogP contribution in [0.25, 0.3) is 0 Å². The van der Waals surface area contributed by atoms with Crippen molar-refractivity contribution in [2.24, 2.45) is 7.05 Å². The second-order valence-electron chi connectivity index (χ2n) is 4.50. The third-order valence-corrected chi connectivity index (χ3v) is 4.49. The van der Waals surface area contributed by atoms with Gasteiger partial charge < -0.3 is 0 Å². The second kappa shape index (κ2) is 5.17. The molecule has 2 rings (SSSR count). The number of hydrogen-bond acceptors (Lipinski definition) is 5. The van der Waals surface area contributed by atoms with Gasteiger partial charge in [0.2, 0.25) is 0 Å². The van der Waals surface area contributed by atoms with E-state index in [1.165, 1.54) is 22.9 Å². The molecule has 9 heteroatoms. The van der Waals surface area contributed by atoms with Crippen LogP contribution < -0.4 is 4.72 Å². The number of sulfonamides is 1. The monoisotopic (exact) mass is 310 g/mol. The highest BCUT2D eigenvalue weighted by atomic mass is 32.2. The molecule has 0 aliphatic rings. The summed E-state index contributed by atoms with van der Waals surface area (Å²) < 4.78 is 28.7. The zero-order valence-electron chi connectivity index (χ0n) is 11.7. The van der Waals surface area contributed by atoms with Crippen LogP contribution in [0.3, 0.4) is 0 Å². The van der Waals surface area contributed by atoms with Crippen LogP contribution in [0.2, 0.25) is 0 Å². The third kappa shape index (κ3) is 2.72. The topological polar surface area (TPSA) is 107 Å². The molecule has 0 saturated heterocycles. The van der Waals surface area contributed by atoms with Crippen LogP contribution in [0.4, 0.5) is 11.4 Å². The van der Waals surface area contributed by atoms with E-state index in [1.807, 2.05) is 0 Å². The maximum Gasteiger partial charge on any atom is 0.289 e. The fourth-order valence-electron chi connectivity index (χ4n) is 1.95. The van der Waals surface area contributed by atoms with Gasteiger partial charge in [0.25, 0.3) is 15.7 Å². The van der Waals surface area contributed by atoms with Gasteiger partial charge in [-0.05, 0) is 19.9 Å². The average Bonchev–Trinajstić information content (AvgIpc) is 2.65. The summed E-state index contributed by atoms with van der Waals surface area (Å²) in [4.78, 5) is 9.85. The Morgan fingerprint density at radius 1 is 1.29 bits per heavy atom. The first-order valence-corrected chi connectivity index (χ1v) is 7.49. The Labute approximate surface area is 121 Å². The number of nitro groups is 1. The van der Waals surface area contributed by atoms with Crippen LogP contribution in [0, 0.1) is 24.0 Å². The molecule has 112 valence electrons. The van der Waals surface area contributed by atoms with E-state index < -0.39 is 20.6 Å². The molecule has 1 heterocycles. The van der Waals surface area contributed by atoms with E-state index in [2.05, 4.69) is 9.82 Å².